The number of ether oxygens (including phenoxy) is 1. The molecule has 1 aromatic carbocycles. The van der Waals surface area contributed by atoms with E-state index in [1.165, 1.54) is 24.3 Å². The van der Waals surface area contributed by atoms with Crippen molar-refractivity contribution in [3.63, 3.8) is 0 Å². The molecule has 0 aliphatic heterocycles. The molecule has 6 nitrogen and oxygen atoms in total. The van der Waals surface area contributed by atoms with Crippen LogP contribution < -0.4 is 10.5 Å². The van der Waals surface area contributed by atoms with Crippen molar-refractivity contribution < 1.29 is 17.9 Å². The number of nitrogens with two attached hydrogens (primary N) is 1. The van der Waals surface area contributed by atoms with E-state index in [2.05, 4.69) is 4.72 Å². The van der Waals surface area contributed by atoms with Crippen molar-refractivity contribution in [3.8, 4) is 0 Å². The lowest BCUT2D eigenvalue weighted by molar-refractivity contribution is 0.0526. The third-order valence-electron chi connectivity index (χ3n) is 3.70. The fraction of sp³-hybridized carbons (Fsp3) is 0.533. The van der Waals surface area contributed by atoms with Gasteiger partial charge in [-0.25, -0.2) is 17.9 Å². The average Bonchev–Trinajstić information content (AvgIpc) is 2.53. The van der Waals surface area contributed by atoms with Crippen LogP contribution in [0.3, 0.4) is 0 Å². The highest BCUT2D eigenvalue weighted by Crippen LogP contribution is 2.14. The Kier molecular flexibility index (Phi) is 8.76. The smallest absolute Gasteiger partial charge is 0.338 e. The molecule has 8 heteroatoms. The number of rotatable bonds is 8. The van der Waals surface area contributed by atoms with Gasteiger partial charge in [-0.3, -0.25) is 0 Å². The number of esters is 1. The predicted molar refractivity (Wildman–Crippen MR) is 92.3 cm³/mol. The number of carbonyl (C=O) groups is 1. The Bertz CT molecular complexity index is 598. The van der Waals surface area contributed by atoms with Crippen molar-refractivity contribution in [2.75, 3.05) is 13.2 Å². The summed E-state index contributed by atoms with van der Waals surface area (Å²) in [7, 11) is -3.65. The largest absolute Gasteiger partial charge is 0.462 e. The quantitative estimate of drug-likeness (QED) is 0.688. The van der Waals surface area contributed by atoms with Gasteiger partial charge in [-0.05, 0) is 44.0 Å². The molecule has 1 aromatic rings. The van der Waals surface area contributed by atoms with Gasteiger partial charge in [0, 0.05) is 12.1 Å². The van der Waals surface area contributed by atoms with Crippen molar-refractivity contribution in [2.24, 2.45) is 5.73 Å². The average molecular weight is 365 g/mol. The molecule has 0 aliphatic rings. The summed E-state index contributed by atoms with van der Waals surface area (Å²) in [5.41, 5.74) is 5.85. The van der Waals surface area contributed by atoms with Crippen LogP contribution in [-0.4, -0.2) is 33.1 Å². The highest BCUT2D eigenvalue weighted by atomic mass is 35.5. The molecule has 0 saturated heterocycles. The van der Waals surface area contributed by atoms with E-state index >= 15 is 0 Å². The molecule has 3 N–H and O–H groups in total. The van der Waals surface area contributed by atoms with Crippen LogP contribution in [0.1, 0.15) is 44.0 Å². The fourth-order valence-corrected chi connectivity index (χ4v) is 2.95. The number of carbonyl (C=O) groups excluding carboxylic acids is 1. The Hall–Kier alpha value is -1.15. The highest BCUT2D eigenvalue weighted by molar-refractivity contribution is 7.89. The van der Waals surface area contributed by atoms with Crippen molar-refractivity contribution in [1.82, 2.24) is 4.72 Å². The number of halogens is 1. The zero-order chi connectivity index (χ0) is 16.8. The summed E-state index contributed by atoms with van der Waals surface area (Å²) < 4.78 is 31.8. The second-order valence-corrected chi connectivity index (χ2v) is 6.91. The van der Waals surface area contributed by atoms with Crippen molar-refractivity contribution in [1.29, 1.82) is 0 Å². The Balaban J connectivity index is 0.00000484. The van der Waals surface area contributed by atoms with Crippen molar-refractivity contribution in [2.45, 2.75) is 44.0 Å². The van der Waals surface area contributed by atoms with Crippen molar-refractivity contribution >= 4 is 28.4 Å². The molecule has 0 atom stereocenters. The summed E-state index contributed by atoms with van der Waals surface area (Å²) in [6, 6.07) is 5.62. The van der Waals surface area contributed by atoms with Crippen molar-refractivity contribution in [3.05, 3.63) is 29.8 Å². The van der Waals surface area contributed by atoms with Crippen LogP contribution in [0, 0.1) is 0 Å². The zero-order valence-corrected chi connectivity index (χ0v) is 15.3. The SMILES string of the molecule is CCOC(=O)c1ccc(S(=O)(=O)NCC(N)(CC)CC)cc1.Cl. The molecule has 0 fully saturated rings. The van der Waals surface area contributed by atoms with E-state index in [0.29, 0.717) is 18.4 Å². The Morgan fingerprint density at radius 3 is 2.13 bits per heavy atom. The van der Waals surface area contributed by atoms with E-state index in [4.69, 9.17) is 10.5 Å². The molecule has 0 aliphatic carbocycles. The van der Waals surface area contributed by atoms with Crippen LogP contribution in [0.4, 0.5) is 0 Å². The van der Waals surface area contributed by atoms with E-state index in [-0.39, 0.29) is 30.5 Å². The Labute approximate surface area is 144 Å². The van der Waals surface area contributed by atoms with Gasteiger partial charge in [0.25, 0.3) is 0 Å². The van der Waals surface area contributed by atoms with E-state index in [9.17, 15) is 13.2 Å². The molecular weight excluding hydrogens is 340 g/mol. The minimum absolute atomic E-state index is 0. The molecular formula is C15H25ClN2O4S. The van der Waals surface area contributed by atoms with Crippen LogP contribution in [0.25, 0.3) is 0 Å². The van der Waals surface area contributed by atoms with Crippen LogP contribution in [0.5, 0.6) is 0 Å². The summed E-state index contributed by atoms with van der Waals surface area (Å²) in [5.74, 6) is -0.475. The molecule has 0 bridgehead atoms. The molecule has 0 spiro atoms. The summed E-state index contributed by atoms with van der Waals surface area (Å²) in [4.78, 5) is 11.6. The van der Waals surface area contributed by atoms with Gasteiger partial charge < -0.3 is 10.5 Å². The Morgan fingerprint density at radius 2 is 1.70 bits per heavy atom. The van der Waals surface area contributed by atoms with Gasteiger partial charge in [0.15, 0.2) is 0 Å². The first-order valence-electron chi connectivity index (χ1n) is 7.33. The second-order valence-electron chi connectivity index (χ2n) is 5.14. The van der Waals surface area contributed by atoms with Crippen LogP contribution in [0.2, 0.25) is 0 Å². The fourth-order valence-electron chi connectivity index (χ4n) is 1.81. The summed E-state index contributed by atoms with van der Waals surface area (Å²) in [6.45, 7) is 5.99. The molecule has 0 aromatic heterocycles. The molecule has 0 amide bonds. The molecule has 1 rings (SSSR count). The van der Waals surface area contributed by atoms with E-state index in [1.807, 2.05) is 13.8 Å². The summed E-state index contributed by atoms with van der Waals surface area (Å²) in [5, 5.41) is 0. The number of nitrogens with one attached hydrogen (secondary N) is 1. The number of benzene rings is 1. The van der Waals surface area contributed by atoms with Crippen LogP contribution in [-0.2, 0) is 14.8 Å². The predicted octanol–water partition coefficient (Wildman–Crippen LogP) is 2.08. The standard InChI is InChI=1S/C15H24N2O4S.ClH/c1-4-15(16,5-2)11-17-22(19,20)13-9-7-12(8-10-13)14(18)21-6-3;/h7-10,17H,4-6,11,16H2,1-3H3;1H. The minimum Gasteiger partial charge on any atom is -0.462 e. The number of sulfonamides is 1. The zero-order valence-electron chi connectivity index (χ0n) is 13.7. The van der Waals surface area contributed by atoms with Crippen LogP contribution in [0.15, 0.2) is 29.2 Å². The van der Waals surface area contributed by atoms with Crippen LogP contribution >= 0.6 is 12.4 Å². The molecule has 0 unspecified atom stereocenters. The maximum atomic E-state index is 12.2. The maximum Gasteiger partial charge on any atom is 0.338 e. The number of hydrogen-bond donors (Lipinski definition) is 2. The Morgan fingerprint density at radius 1 is 1.17 bits per heavy atom. The minimum atomic E-state index is -3.65. The lowest BCUT2D eigenvalue weighted by atomic mass is 9.95. The normalized spacial score (nSPS) is 11.7. The molecule has 0 saturated carbocycles. The highest BCUT2D eigenvalue weighted by Gasteiger charge is 2.24. The first-order valence-corrected chi connectivity index (χ1v) is 8.82. The van der Waals surface area contributed by atoms with Gasteiger partial charge in [0.1, 0.15) is 0 Å². The van der Waals surface area contributed by atoms with Gasteiger partial charge in [-0.15, -0.1) is 12.4 Å². The van der Waals surface area contributed by atoms with E-state index in [0.717, 1.165) is 0 Å². The van der Waals surface area contributed by atoms with Gasteiger partial charge >= 0.3 is 5.97 Å². The summed E-state index contributed by atoms with van der Waals surface area (Å²) >= 11 is 0. The molecule has 23 heavy (non-hydrogen) atoms. The topological polar surface area (TPSA) is 98.5 Å². The third-order valence-corrected chi connectivity index (χ3v) is 5.12. The lowest BCUT2D eigenvalue weighted by Gasteiger charge is -2.26. The van der Waals surface area contributed by atoms with E-state index < -0.39 is 21.5 Å². The first kappa shape index (κ1) is 21.9. The monoisotopic (exact) mass is 364 g/mol. The summed E-state index contributed by atoms with van der Waals surface area (Å²) in [6.07, 6.45) is 1.35. The maximum absolute atomic E-state index is 12.2. The lowest BCUT2D eigenvalue weighted by Crippen LogP contribution is -2.49. The molecule has 0 heterocycles. The molecule has 0 radical (unpaired) electrons. The van der Waals surface area contributed by atoms with E-state index in [1.54, 1.807) is 6.92 Å². The second kappa shape index (κ2) is 9.22. The number of hydrogen-bond acceptors (Lipinski definition) is 5. The van der Waals surface area contributed by atoms with Gasteiger partial charge in [-0.2, -0.15) is 0 Å². The van der Waals surface area contributed by atoms with Gasteiger partial charge in [-0.1, -0.05) is 13.8 Å². The van der Waals surface area contributed by atoms with Gasteiger partial charge in [0.2, 0.25) is 10.0 Å². The molecule has 132 valence electrons. The first-order chi connectivity index (χ1) is 10.3. The third kappa shape index (κ3) is 6.10. The van der Waals surface area contributed by atoms with Gasteiger partial charge in [0.05, 0.1) is 17.1 Å².